The van der Waals surface area contributed by atoms with Crippen molar-refractivity contribution in [3.8, 4) is 0 Å². The number of amides is 4. The molecule has 16 heteroatoms. The second kappa shape index (κ2) is 14.3. The summed E-state index contributed by atoms with van der Waals surface area (Å²) < 4.78 is 52.6. The summed E-state index contributed by atoms with van der Waals surface area (Å²) in [4.78, 5) is 70.3. The number of nitrogens with zero attached hydrogens (tertiary/aromatic N) is 2. The number of rotatable bonds is 11. The molecule has 0 unspecified atom stereocenters. The third-order valence-corrected chi connectivity index (χ3v) is 12.4. The molecule has 5 atom stereocenters. The van der Waals surface area contributed by atoms with Crippen LogP contribution in [0.3, 0.4) is 0 Å². The highest BCUT2D eigenvalue weighted by atomic mass is 32.2. The molecular formula is C37H46FN5O9S. The molecule has 4 aliphatic rings. The van der Waals surface area contributed by atoms with E-state index in [4.69, 9.17) is 9.47 Å². The van der Waals surface area contributed by atoms with E-state index >= 15 is 0 Å². The van der Waals surface area contributed by atoms with Crippen LogP contribution in [0, 0.1) is 17.2 Å². The molecule has 2 aromatic rings. The lowest BCUT2D eigenvalue weighted by molar-refractivity contribution is -0.141. The standard InChI is InChI=1S/C37H46FN5O9S/c1-6-23-17-37(23,34(47)41-53(49,50)26-14-15-26)40-31(44)29-16-25(52-35(48)42-18-22-8-7-9-28(38)27(22)20-42)19-43(29)32(45)30(36(2,3)4)39-24-12-10-21(11-13-24)33(46)51-5/h7-13,23,25-26,29-30,39H,6,14-20H2,1-5H3,(H,40,44)(H,41,47)/t23-,25-,29+,30-,37-/m1/s1. The number of hydrogen-bond acceptors (Lipinski definition) is 10. The quantitative estimate of drug-likeness (QED) is 0.288. The normalized spacial score (nSPS) is 24.2. The number of nitrogens with one attached hydrogen (secondary N) is 3. The fraction of sp³-hybridized carbons (Fsp3) is 0.541. The van der Waals surface area contributed by atoms with Gasteiger partial charge in [-0.15, -0.1) is 0 Å². The summed E-state index contributed by atoms with van der Waals surface area (Å²) in [7, 11) is -2.62. The number of fused-ring (bicyclic) bond motifs is 1. The van der Waals surface area contributed by atoms with E-state index < -0.39 is 80.0 Å². The lowest BCUT2D eigenvalue weighted by Gasteiger charge is -2.36. The number of esters is 1. The summed E-state index contributed by atoms with van der Waals surface area (Å²) in [6, 6.07) is 8.87. The van der Waals surface area contributed by atoms with Crippen molar-refractivity contribution >= 4 is 45.5 Å². The third kappa shape index (κ3) is 7.82. The third-order valence-electron chi connectivity index (χ3n) is 10.6. The van der Waals surface area contributed by atoms with E-state index in [1.54, 1.807) is 36.4 Å². The van der Waals surface area contributed by atoms with E-state index in [0.29, 0.717) is 41.6 Å². The second-order valence-electron chi connectivity index (χ2n) is 15.4. The van der Waals surface area contributed by atoms with Crippen molar-refractivity contribution in [1.82, 2.24) is 19.8 Å². The topological polar surface area (TPSA) is 181 Å². The Bertz CT molecular complexity index is 1910. The highest BCUT2D eigenvalue weighted by Crippen LogP contribution is 2.47. The Morgan fingerprint density at radius 2 is 1.74 bits per heavy atom. The van der Waals surface area contributed by atoms with Crippen LogP contribution in [-0.4, -0.2) is 90.6 Å². The summed E-state index contributed by atoms with van der Waals surface area (Å²) in [6.07, 6.45) is -0.140. The molecule has 3 fully saturated rings. The van der Waals surface area contributed by atoms with E-state index in [1.807, 2.05) is 27.7 Å². The maximum absolute atomic E-state index is 14.6. The number of hydrogen-bond donors (Lipinski definition) is 3. The first-order chi connectivity index (χ1) is 25.0. The molecule has 286 valence electrons. The second-order valence-corrected chi connectivity index (χ2v) is 17.4. The van der Waals surface area contributed by atoms with Crippen molar-refractivity contribution in [2.75, 3.05) is 19.0 Å². The summed E-state index contributed by atoms with van der Waals surface area (Å²) in [5.74, 6) is -3.25. The average Bonchev–Trinajstić information content (AvgIpc) is 4.00. The Hall–Kier alpha value is -4.73. The molecule has 2 aromatic carbocycles. The summed E-state index contributed by atoms with van der Waals surface area (Å²) in [6.45, 7) is 7.35. The van der Waals surface area contributed by atoms with Gasteiger partial charge in [-0.25, -0.2) is 22.4 Å². The van der Waals surface area contributed by atoms with Crippen molar-refractivity contribution in [1.29, 1.82) is 0 Å². The zero-order valence-electron chi connectivity index (χ0n) is 30.4. The van der Waals surface area contributed by atoms with E-state index in [2.05, 4.69) is 15.4 Å². The minimum atomic E-state index is -3.89. The summed E-state index contributed by atoms with van der Waals surface area (Å²) in [5.41, 5.74) is -0.317. The van der Waals surface area contributed by atoms with Gasteiger partial charge in [0.2, 0.25) is 21.8 Å². The molecule has 14 nitrogen and oxygen atoms in total. The fourth-order valence-electron chi connectivity index (χ4n) is 7.20. The number of benzene rings is 2. The van der Waals surface area contributed by atoms with Crippen molar-refractivity contribution in [2.45, 2.75) is 102 Å². The van der Waals surface area contributed by atoms with Gasteiger partial charge in [-0.2, -0.15) is 0 Å². The molecule has 1 saturated heterocycles. The number of carbonyl (C=O) groups is 5. The van der Waals surface area contributed by atoms with Crippen molar-refractivity contribution in [2.24, 2.45) is 11.3 Å². The van der Waals surface area contributed by atoms with Crippen LogP contribution in [0.25, 0.3) is 0 Å². The molecular weight excluding hydrogens is 709 g/mol. The Balaban J connectivity index is 1.24. The molecule has 2 saturated carbocycles. The van der Waals surface area contributed by atoms with Gasteiger partial charge in [0.25, 0.3) is 5.91 Å². The number of halogens is 1. The highest BCUT2D eigenvalue weighted by molar-refractivity contribution is 7.91. The molecule has 0 radical (unpaired) electrons. The zero-order chi connectivity index (χ0) is 38.5. The van der Waals surface area contributed by atoms with Crippen LogP contribution in [-0.2, 0) is 47.0 Å². The molecule has 0 bridgehead atoms. The fourth-order valence-corrected chi connectivity index (χ4v) is 8.56. The van der Waals surface area contributed by atoms with Gasteiger partial charge in [-0.3, -0.25) is 24.0 Å². The summed E-state index contributed by atoms with van der Waals surface area (Å²) >= 11 is 0. The van der Waals surface area contributed by atoms with E-state index in [1.165, 1.54) is 23.0 Å². The van der Waals surface area contributed by atoms with Crippen LogP contribution in [0.4, 0.5) is 14.9 Å². The van der Waals surface area contributed by atoms with E-state index in [0.717, 1.165) is 0 Å². The molecule has 0 spiro atoms. The maximum atomic E-state index is 14.6. The lowest BCUT2D eigenvalue weighted by Crippen LogP contribution is -2.58. The Morgan fingerprint density at radius 1 is 1.04 bits per heavy atom. The van der Waals surface area contributed by atoms with Gasteiger partial charge >= 0.3 is 12.1 Å². The lowest BCUT2D eigenvalue weighted by atomic mass is 9.85. The van der Waals surface area contributed by atoms with Gasteiger partial charge in [0.15, 0.2) is 0 Å². The van der Waals surface area contributed by atoms with Crippen LogP contribution in [0.1, 0.15) is 81.3 Å². The molecule has 2 heterocycles. The SMILES string of the molecule is CC[C@@H]1C[C@]1(NC(=O)[C@@H]1C[C@@H](OC(=O)N2Cc3cccc(F)c3C2)CN1C(=O)[C@@H](Nc1ccc(C(=O)OC)cc1)C(C)(C)C)C(=O)NS(=O)(=O)C1CC1. The monoisotopic (exact) mass is 755 g/mol. The Labute approximate surface area is 308 Å². The number of methoxy groups -OCH3 is 1. The van der Waals surface area contributed by atoms with Crippen molar-refractivity contribution < 1.29 is 46.3 Å². The first-order valence-corrected chi connectivity index (χ1v) is 19.4. The molecule has 2 aliphatic heterocycles. The molecule has 4 amide bonds. The predicted molar refractivity (Wildman–Crippen MR) is 190 cm³/mol. The van der Waals surface area contributed by atoms with Gasteiger partial charge in [-0.1, -0.05) is 46.2 Å². The molecule has 3 N–H and O–H groups in total. The van der Waals surface area contributed by atoms with Crippen LogP contribution < -0.4 is 15.4 Å². The molecule has 53 heavy (non-hydrogen) atoms. The highest BCUT2D eigenvalue weighted by Gasteiger charge is 2.62. The smallest absolute Gasteiger partial charge is 0.410 e. The molecule has 0 aromatic heterocycles. The minimum absolute atomic E-state index is 0.00467. The maximum Gasteiger partial charge on any atom is 0.410 e. The largest absolute Gasteiger partial charge is 0.465 e. The first-order valence-electron chi connectivity index (χ1n) is 17.8. The van der Waals surface area contributed by atoms with E-state index in [-0.39, 0.29) is 38.4 Å². The Morgan fingerprint density at radius 3 is 2.32 bits per heavy atom. The van der Waals surface area contributed by atoms with Crippen LogP contribution in [0.2, 0.25) is 0 Å². The van der Waals surface area contributed by atoms with Gasteiger partial charge < -0.3 is 25.0 Å². The van der Waals surface area contributed by atoms with Gasteiger partial charge in [0.05, 0.1) is 31.0 Å². The number of sulfonamides is 1. The number of carbonyl (C=O) groups excluding carboxylic acids is 5. The van der Waals surface area contributed by atoms with Gasteiger partial charge in [-0.05, 0) is 66.5 Å². The Kier molecular flexibility index (Phi) is 10.2. The van der Waals surface area contributed by atoms with Crippen molar-refractivity contribution in [3.63, 3.8) is 0 Å². The minimum Gasteiger partial charge on any atom is -0.465 e. The number of anilines is 1. The zero-order valence-corrected chi connectivity index (χ0v) is 31.3. The van der Waals surface area contributed by atoms with Crippen LogP contribution >= 0.6 is 0 Å². The van der Waals surface area contributed by atoms with Crippen LogP contribution in [0.5, 0.6) is 0 Å². The first kappa shape index (κ1) is 38.0. The van der Waals surface area contributed by atoms with Gasteiger partial charge in [0.1, 0.15) is 29.5 Å². The predicted octanol–water partition coefficient (Wildman–Crippen LogP) is 3.45. The van der Waals surface area contributed by atoms with Crippen LogP contribution in [0.15, 0.2) is 42.5 Å². The molecule has 2 aliphatic carbocycles. The average molecular weight is 756 g/mol. The number of likely N-dealkylation sites (tertiary alicyclic amines) is 1. The number of ether oxygens (including phenoxy) is 2. The summed E-state index contributed by atoms with van der Waals surface area (Å²) in [5, 5.41) is 5.40. The van der Waals surface area contributed by atoms with Gasteiger partial charge in [0, 0.05) is 24.2 Å². The van der Waals surface area contributed by atoms with Crippen molar-refractivity contribution in [3.05, 3.63) is 65.0 Å². The van der Waals surface area contributed by atoms with E-state index in [9.17, 15) is 36.8 Å². The molecule has 6 rings (SSSR count).